The van der Waals surface area contributed by atoms with Gasteiger partial charge in [-0.25, -0.2) is 19.4 Å². The number of nitrogens with zero attached hydrogens (tertiary/aromatic N) is 5. The van der Waals surface area contributed by atoms with Gasteiger partial charge in [0.05, 0.1) is 11.9 Å². The summed E-state index contributed by atoms with van der Waals surface area (Å²) < 4.78 is 134. The summed E-state index contributed by atoms with van der Waals surface area (Å²) in [6, 6.07) is 4.37. The summed E-state index contributed by atoms with van der Waals surface area (Å²) in [6.07, 6.45) is -10.9. The van der Waals surface area contributed by atoms with Crippen molar-refractivity contribution in [2.45, 2.75) is 35.9 Å². The number of ether oxygens (including phenoxy) is 1. The molecule has 0 saturated carbocycles. The van der Waals surface area contributed by atoms with E-state index in [1.165, 1.54) is 7.05 Å². The maximum absolute atomic E-state index is 13.6. The van der Waals surface area contributed by atoms with Crippen LogP contribution in [0.1, 0.15) is 11.1 Å². The average molecular weight is 676 g/mol. The number of halogens is 8. The van der Waals surface area contributed by atoms with Crippen molar-refractivity contribution >= 4 is 21.8 Å². The summed E-state index contributed by atoms with van der Waals surface area (Å²) in [5.74, 6) is -1.97. The van der Waals surface area contributed by atoms with Crippen LogP contribution < -0.4 is 15.9 Å². The first-order valence-electron chi connectivity index (χ1n) is 12.6. The number of hydrazine groups is 1. The number of alkyl halides is 8. The summed E-state index contributed by atoms with van der Waals surface area (Å²) in [4.78, 5) is 26.6. The number of carbonyl (C=O) groups excluding carboxylic acids is 2. The molecule has 1 saturated heterocycles. The first kappa shape index (κ1) is 35.4. The van der Waals surface area contributed by atoms with Gasteiger partial charge in [0.15, 0.2) is 0 Å². The molecule has 12 nitrogen and oxygen atoms in total. The highest BCUT2D eigenvalue weighted by Gasteiger charge is 2.58. The topological polar surface area (TPSA) is 150 Å². The molecule has 0 aliphatic carbocycles. The molecule has 2 amide bonds. The molecule has 0 aromatic heterocycles. The Hall–Kier alpha value is -4.11. The van der Waals surface area contributed by atoms with Gasteiger partial charge in [0.1, 0.15) is 18.3 Å². The molecule has 21 heteroatoms. The monoisotopic (exact) mass is 675 g/mol. The van der Waals surface area contributed by atoms with Gasteiger partial charge in [0, 0.05) is 31.7 Å². The lowest BCUT2D eigenvalue weighted by atomic mass is 10.1. The Labute approximate surface area is 250 Å². The third-order valence-electron chi connectivity index (χ3n) is 6.29. The fourth-order valence-electron chi connectivity index (χ4n) is 4.13. The van der Waals surface area contributed by atoms with Crippen LogP contribution in [0, 0.1) is 0 Å². The van der Waals surface area contributed by atoms with Crippen molar-refractivity contribution in [3.05, 3.63) is 59.7 Å². The van der Waals surface area contributed by atoms with Crippen LogP contribution in [0.5, 0.6) is 5.75 Å². The second-order valence-electron chi connectivity index (χ2n) is 9.36. The van der Waals surface area contributed by atoms with E-state index < -0.39 is 88.7 Å². The Morgan fingerprint density at radius 3 is 2.13 bits per heavy atom. The minimum absolute atomic E-state index is 0.0761. The number of nitrogens with one attached hydrogen (secondary N) is 1. The van der Waals surface area contributed by atoms with Crippen molar-refractivity contribution in [2.24, 2.45) is 16.2 Å². The van der Waals surface area contributed by atoms with Crippen LogP contribution in [0.3, 0.4) is 0 Å². The number of sulfonamides is 1. The third-order valence-corrected chi connectivity index (χ3v) is 8.21. The average Bonchev–Trinajstić information content (AvgIpc) is 2.94. The zero-order chi connectivity index (χ0) is 33.8. The molecular formula is C24H25F8N7O5S. The fraction of sp³-hybridized carbons (Fsp3) is 0.417. The maximum atomic E-state index is 13.6. The number of rotatable bonds is 10. The van der Waals surface area contributed by atoms with E-state index in [-0.39, 0.29) is 12.1 Å². The van der Waals surface area contributed by atoms with Crippen molar-refractivity contribution in [3.8, 4) is 5.75 Å². The molecule has 3 N–H and O–H groups in total. The normalized spacial score (nSPS) is 16.9. The minimum Gasteiger partial charge on any atom is -0.406 e. The number of nitrogens with two attached hydrogens (primary N) is 1. The van der Waals surface area contributed by atoms with Crippen molar-refractivity contribution in [1.29, 1.82) is 0 Å². The Morgan fingerprint density at radius 2 is 1.60 bits per heavy atom. The third kappa shape index (κ3) is 8.75. The Kier molecular flexibility index (Phi) is 10.6. The molecule has 1 aliphatic heterocycles. The fourth-order valence-corrected chi connectivity index (χ4v) is 5.70. The molecule has 0 radical (unpaired) electrons. The molecule has 0 unspecified atom stereocenters. The van der Waals surface area contributed by atoms with Crippen molar-refractivity contribution < 1.29 is 57.9 Å². The molecule has 2 aromatic carbocycles. The predicted molar refractivity (Wildman–Crippen MR) is 137 cm³/mol. The lowest BCUT2D eigenvalue weighted by molar-refractivity contribution is -0.289. The first-order chi connectivity index (χ1) is 20.8. The molecule has 1 heterocycles. The Bertz CT molecular complexity index is 1490. The molecule has 248 valence electrons. The van der Waals surface area contributed by atoms with Crippen LogP contribution in [-0.4, -0.2) is 86.4 Å². The molecule has 3 rings (SSSR count). The highest BCUT2D eigenvalue weighted by molar-refractivity contribution is 7.89. The van der Waals surface area contributed by atoms with Gasteiger partial charge in [-0.15, -0.1) is 13.2 Å². The van der Waals surface area contributed by atoms with E-state index in [1.54, 1.807) is 0 Å². The zero-order valence-electron chi connectivity index (χ0n) is 23.0. The summed E-state index contributed by atoms with van der Waals surface area (Å²) in [5, 5.41) is 9.90. The second kappa shape index (κ2) is 13.5. The lowest BCUT2D eigenvalue weighted by Crippen LogP contribution is -2.62. The Balaban J connectivity index is 1.84. The molecule has 1 aliphatic rings. The molecule has 1 fully saturated rings. The second-order valence-corrected chi connectivity index (χ2v) is 11.3. The largest absolute Gasteiger partial charge is 0.573 e. The van der Waals surface area contributed by atoms with Crippen molar-refractivity contribution in [1.82, 2.24) is 19.6 Å². The maximum Gasteiger partial charge on any atom is 0.573 e. The number of carbonyl (C=O) groups is 2. The van der Waals surface area contributed by atoms with E-state index in [9.17, 15) is 53.1 Å². The Morgan fingerprint density at radius 1 is 1.00 bits per heavy atom. The predicted octanol–water partition coefficient (Wildman–Crippen LogP) is 2.93. The van der Waals surface area contributed by atoms with Gasteiger partial charge in [-0.05, 0) is 29.8 Å². The molecule has 1 atom stereocenters. The van der Waals surface area contributed by atoms with E-state index in [1.807, 2.05) is 0 Å². The van der Waals surface area contributed by atoms with E-state index >= 15 is 0 Å². The van der Waals surface area contributed by atoms with Crippen LogP contribution in [0.15, 0.2) is 63.8 Å². The molecule has 0 spiro atoms. The van der Waals surface area contributed by atoms with Gasteiger partial charge in [-0.3, -0.25) is 9.59 Å². The van der Waals surface area contributed by atoms with Gasteiger partial charge < -0.3 is 15.0 Å². The van der Waals surface area contributed by atoms with E-state index in [0.29, 0.717) is 21.6 Å². The van der Waals surface area contributed by atoms with Crippen LogP contribution in [-0.2, 0) is 32.1 Å². The van der Waals surface area contributed by atoms with Crippen molar-refractivity contribution in [3.63, 3.8) is 0 Å². The van der Waals surface area contributed by atoms with Gasteiger partial charge in [-0.1, -0.05) is 29.5 Å². The summed E-state index contributed by atoms with van der Waals surface area (Å²) >= 11 is 0. The molecular weight excluding hydrogens is 650 g/mol. The molecule has 2 aromatic rings. The van der Waals surface area contributed by atoms with E-state index in [2.05, 4.69) is 20.4 Å². The number of piperazine rings is 1. The highest BCUT2D eigenvalue weighted by Crippen LogP contribution is 2.43. The number of amides is 2. The number of benzene rings is 2. The van der Waals surface area contributed by atoms with Crippen LogP contribution >= 0.6 is 0 Å². The van der Waals surface area contributed by atoms with Gasteiger partial charge in [0.2, 0.25) is 21.8 Å². The minimum atomic E-state index is -5.84. The zero-order valence-corrected chi connectivity index (χ0v) is 23.8. The quantitative estimate of drug-likeness (QED) is 0.170. The van der Waals surface area contributed by atoms with Gasteiger partial charge in [0.25, 0.3) is 0 Å². The summed E-state index contributed by atoms with van der Waals surface area (Å²) in [7, 11) is -3.29. The smallest absolute Gasteiger partial charge is 0.406 e. The van der Waals surface area contributed by atoms with E-state index in [4.69, 9.17) is 5.84 Å². The van der Waals surface area contributed by atoms with Gasteiger partial charge in [-0.2, -0.15) is 31.4 Å². The van der Waals surface area contributed by atoms with Gasteiger partial charge >= 0.3 is 18.5 Å². The highest BCUT2D eigenvalue weighted by atomic mass is 32.2. The van der Waals surface area contributed by atoms with Crippen LogP contribution in [0.2, 0.25) is 0 Å². The summed E-state index contributed by atoms with van der Waals surface area (Å²) in [5.41, 5.74) is -1.26. The standard InChI is InChI=1S/C24H25F8N7O5S/c1-34-36-39(33)14-20(40)37-10-11-38(45(42,43)18-8-6-17(7-9-18)44-24(30,31)32)19(13-37)21(41)35-12-15-2-4-16(5-3-15)22(25,26)23(27,28)29/h2-9,19H,10-14,33H2,1H3,(H,35,41)/t19-/m1/s1. The van der Waals surface area contributed by atoms with Crippen LogP contribution in [0.25, 0.3) is 0 Å². The number of hydrogen-bond donors (Lipinski definition) is 2. The van der Waals surface area contributed by atoms with Crippen molar-refractivity contribution in [2.75, 3.05) is 33.2 Å². The molecule has 0 bridgehead atoms. The lowest BCUT2D eigenvalue weighted by Gasteiger charge is -2.39. The SMILES string of the molecule is CN=NN(N)CC(=O)N1CCN(S(=O)(=O)c2ccc(OC(F)(F)F)cc2)[C@@H](C(=O)NCc2ccc(C(F)(F)C(F)(F)F)cc2)C1. The number of hydrogen-bond acceptors (Lipinski definition) is 8. The first-order valence-corrected chi connectivity index (χ1v) is 14.0. The van der Waals surface area contributed by atoms with Crippen LogP contribution in [0.4, 0.5) is 35.1 Å². The van der Waals surface area contributed by atoms with E-state index in [0.717, 1.165) is 41.3 Å². The molecule has 45 heavy (non-hydrogen) atoms. The summed E-state index contributed by atoms with van der Waals surface area (Å²) in [6.45, 7) is -2.15.